The smallest absolute Gasteiger partial charge is 0.423 e. The molecule has 0 amide bonds. The van der Waals surface area contributed by atoms with Crippen molar-refractivity contribution in [3.8, 4) is 0 Å². The third-order valence-electron chi connectivity index (χ3n) is 2.33. The van der Waals surface area contributed by atoms with Gasteiger partial charge in [0, 0.05) is 24.3 Å². The van der Waals surface area contributed by atoms with Gasteiger partial charge in [-0.1, -0.05) is 26.0 Å². The van der Waals surface area contributed by atoms with Crippen LogP contribution in [0, 0.1) is 0 Å². The molecule has 1 aromatic carbocycles. The van der Waals surface area contributed by atoms with E-state index in [0.29, 0.717) is 5.46 Å². The van der Waals surface area contributed by atoms with Crippen molar-refractivity contribution in [2.75, 3.05) is 12.4 Å². The van der Waals surface area contributed by atoms with E-state index in [1.807, 2.05) is 27.0 Å². The van der Waals surface area contributed by atoms with Crippen LogP contribution in [0.4, 0.5) is 5.69 Å². The highest BCUT2D eigenvalue weighted by atomic mass is 16.4. The Labute approximate surface area is 101 Å². The van der Waals surface area contributed by atoms with Crippen LogP contribution in [0.25, 0.3) is 10.9 Å². The van der Waals surface area contributed by atoms with Gasteiger partial charge in [0.05, 0.1) is 5.52 Å². The first kappa shape index (κ1) is 13.5. The van der Waals surface area contributed by atoms with Gasteiger partial charge in [0.1, 0.15) is 0 Å². The summed E-state index contributed by atoms with van der Waals surface area (Å²) in [6.45, 7) is 4.00. The molecule has 0 aliphatic heterocycles. The molecule has 0 atom stereocenters. The molecule has 17 heavy (non-hydrogen) atoms. The second-order valence-corrected chi connectivity index (χ2v) is 3.26. The molecule has 0 fully saturated rings. The zero-order valence-corrected chi connectivity index (χ0v) is 10.3. The summed E-state index contributed by atoms with van der Waals surface area (Å²) in [4.78, 5) is 4.19. The van der Waals surface area contributed by atoms with E-state index < -0.39 is 7.12 Å². The van der Waals surface area contributed by atoms with Crippen LogP contribution in [-0.4, -0.2) is 29.2 Å². The fraction of sp³-hybridized carbons (Fsp3) is 0.250. The normalized spacial score (nSPS) is 9.47. The lowest BCUT2D eigenvalue weighted by Gasteiger charge is -2.06. The molecule has 2 rings (SSSR count). The molecule has 0 bridgehead atoms. The number of hydrogen-bond acceptors (Lipinski definition) is 4. The molecule has 0 unspecified atom stereocenters. The Kier molecular flexibility index (Phi) is 4.94. The number of hydrogen-bond donors (Lipinski definition) is 3. The zero-order valence-electron chi connectivity index (χ0n) is 10.3. The summed E-state index contributed by atoms with van der Waals surface area (Å²) < 4.78 is 0. The van der Waals surface area contributed by atoms with Gasteiger partial charge in [-0.25, -0.2) is 0 Å². The van der Waals surface area contributed by atoms with E-state index in [0.717, 1.165) is 16.6 Å². The van der Waals surface area contributed by atoms with Gasteiger partial charge in [-0.2, -0.15) is 0 Å². The Morgan fingerprint density at radius 2 is 1.88 bits per heavy atom. The lowest BCUT2D eigenvalue weighted by atomic mass is 9.80. The average Bonchev–Trinajstić information content (AvgIpc) is 2.39. The van der Waals surface area contributed by atoms with E-state index in [1.54, 1.807) is 24.4 Å². The maximum absolute atomic E-state index is 9.06. The van der Waals surface area contributed by atoms with Gasteiger partial charge in [0.15, 0.2) is 0 Å². The summed E-state index contributed by atoms with van der Waals surface area (Å²) in [5, 5.41) is 22.0. The summed E-state index contributed by atoms with van der Waals surface area (Å²) >= 11 is 0. The fourth-order valence-corrected chi connectivity index (χ4v) is 1.54. The SMILES string of the molecule is CC.CNc1ccnc2ccc(B(O)O)cc12. The first-order valence-electron chi connectivity index (χ1n) is 5.65. The summed E-state index contributed by atoms with van der Waals surface area (Å²) in [5.74, 6) is 0. The topological polar surface area (TPSA) is 65.4 Å². The van der Waals surface area contributed by atoms with Crippen molar-refractivity contribution in [3.05, 3.63) is 30.5 Å². The van der Waals surface area contributed by atoms with Gasteiger partial charge >= 0.3 is 7.12 Å². The maximum atomic E-state index is 9.06. The van der Waals surface area contributed by atoms with Crippen molar-refractivity contribution in [2.45, 2.75) is 13.8 Å². The van der Waals surface area contributed by atoms with E-state index in [2.05, 4.69) is 10.3 Å². The first-order chi connectivity index (χ1) is 8.22. The second kappa shape index (κ2) is 6.22. The molecule has 4 nitrogen and oxygen atoms in total. The van der Waals surface area contributed by atoms with Crippen LogP contribution >= 0.6 is 0 Å². The van der Waals surface area contributed by atoms with Gasteiger partial charge in [0.25, 0.3) is 0 Å². The number of pyridine rings is 1. The highest BCUT2D eigenvalue weighted by molar-refractivity contribution is 6.59. The monoisotopic (exact) mass is 232 g/mol. The molecule has 2 aromatic rings. The molecule has 0 spiro atoms. The summed E-state index contributed by atoms with van der Waals surface area (Å²) in [7, 11) is 0.371. The molecule has 5 heteroatoms. The van der Waals surface area contributed by atoms with Gasteiger partial charge < -0.3 is 15.4 Å². The number of aromatic nitrogens is 1. The Balaban J connectivity index is 0.000000686. The zero-order chi connectivity index (χ0) is 12.8. The number of benzene rings is 1. The molecule has 3 N–H and O–H groups in total. The lowest BCUT2D eigenvalue weighted by Crippen LogP contribution is -2.29. The lowest BCUT2D eigenvalue weighted by molar-refractivity contribution is 0.426. The van der Waals surface area contributed by atoms with Crippen molar-refractivity contribution in [3.63, 3.8) is 0 Å². The minimum Gasteiger partial charge on any atom is -0.423 e. The average molecular weight is 232 g/mol. The molecule has 1 heterocycles. The van der Waals surface area contributed by atoms with Gasteiger partial charge in [0.2, 0.25) is 0 Å². The molecule has 90 valence electrons. The molecule has 0 aliphatic rings. The minimum atomic E-state index is -1.45. The standard InChI is InChI=1S/C10H11BN2O2.C2H6/c1-12-9-4-5-13-10-3-2-7(11(14)15)6-8(9)10;1-2/h2-6,14-15H,1H3,(H,12,13);1-2H3. The van der Waals surface area contributed by atoms with E-state index >= 15 is 0 Å². The minimum absolute atomic E-state index is 0.465. The van der Waals surface area contributed by atoms with Crippen LogP contribution in [0.1, 0.15) is 13.8 Å². The summed E-state index contributed by atoms with van der Waals surface area (Å²) in [6.07, 6.45) is 1.71. The number of anilines is 1. The molecule has 0 aliphatic carbocycles. The highest BCUT2D eigenvalue weighted by Gasteiger charge is 2.12. The predicted molar refractivity (Wildman–Crippen MR) is 72.5 cm³/mol. The quantitative estimate of drug-likeness (QED) is 0.675. The van der Waals surface area contributed by atoms with Crippen molar-refractivity contribution in [2.24, 2.45) is 0 Å². The number of rotatable bonds is 2. The van der Waals surface area contributed by atoms with Crippen LogP contribution in [0.3, 0.4) is 0 Å². The maximum Gasteiger partial charge on any atom is 0.488 e. The molecule has 0 radical (unpaired) electrons. The first-order valence-corrected chi connectivity index (χ1v) is 5.65. The van der Waals surface area contributed by atoms with Gasteiger partial charge in [-0.15, -0.1) is 0 Å². The second-order valence-electron chi connectivity index (χ2n) is 3.26. The highest BCUT2D eigenvalue weighted by Crippen LogP contribution is 2.19. The number of fused-ring (bicyclic) bond motifs is 1. The molecular weight excluding hydrogens is 215 g/mol. The van der Waals surface area contributed by atoms with Crippen molar-refractivity contribution in [1.29, 1.82) is 0 Å². The Bertz CT molecular complexity index is 489. The molecular formula is C12H17BN2O2. The van der Waals surface area contributed by atoms with Crippen molar-refractivity contribution >= 4 is 29.2 Å². The molecule has 1 aromatic heterocycles. The molecule has 0 saturated heterocycles. The summed E-state index contributed by atoms with van der Waals surface area (Å²) in [5.41, 5.74) is 2.21. The van der Waals surface area contributed by atoms with E-state index in [1.165, 1.54) is 0 Å². The largest absolute Gasteiger partial charge is 0.488 e. The van der Waals surface area contributed by atoms with Gasteiger partial charge in [-0.05, 0) is 17.6 Å². The van der Waals surface area contributed by atoms with E-state index in [9.17, 15) is 0 Å². The third-order valence-corrected chi connectivity index (χ3v) is 2.33. The predicted octanol–water partition coefficient (Wildman–Crippen LogP) is 0.982. The van der Waals surface area contributed by atoms with E-state index in [4.69, 9.17) is 10.0 Å². The van der Waals surface area contributed by atoms with Crippen LogP contribution in [-0.2, 0) is 0 Å². The third kappa shape index (κ3) is 2.96. The van der Waals surface area contributed by atoms with Crippen LogP contribution in [0.15, 0.2) is 30.5 Å². The Morgan fingerprint density at radius 1 is 1.18 bits per heavy atom. The number of nitrogens with zero attached hydrogens (tertiary/aromatic N) is 1. The van der Waals surface area contributed by atoms with Crippen LogP contribution in [0.5, 0.6) is 0 Å². The van der Waals surface area contributed by atoms with Crippen LogP contribution in [0.2, 0.25) is 0 Å². The van der Waals surface area contributed by atoms with Crippen molar-refractivity contribution in [1.82, 2.24) is 4.98 Å². The summed E-state index contributed by atoms with van der Waals surface area (Å²) in [6, 6.07) is 6.99. The number of nitrogens with one attached hydrogen (secondary N) is 1. The van der Waals surface area contributed by atoms with E-state index in [-0.39, 0.29) is 0 Å². The van der Waals surface area contributed by atoms with Crippen molar-refractivity contribution < 1.29 is 10.0 Å². The Hall–Kier alpha value is -1.59. The fourth-order valence-electron chi connectivity index (χ4n) is 1.54. The van der Waals surface area contributed by atoms with Gasteiger partial charge in [-0.3, -0.25) is 4.98 Å². The van der Waals surface area contributed by atoms with Crippen LogP contribution < -0.4 is 10.8 Å². The Morgan fingerprint density at radius 3 is 2.47 bits per heavy atom. The molecule has 0 saturated carbocycles.